The molecule has 2 aromatic rings. The summed E-state index contributed by atoms with van der Waals surface area (Å²) in [4.78, 5) is 14.7. The van der Waals surface area contributed by atoms with Gasteiger partial charge in [0.2, 0.25) is 11.2 Å². The van der Waals surface area contributed by atoms with Crippen LogP contribution in [-0.4, -0.2) is 63.8 Å². The van der Waals surface area contributed by atoms with E-state index in [1.54, 1.807) is 31.2 Å². The Morgan fingerprint density at radius 2 is 1.82 bits per heavy atom. The molecule has 34 heavy (non-hydrogen) atoms. The van der Waals surface area contributed by atoms with E-state index >= 15 is 0 Å². The van der Waals surface area contributed by atoms with E-state index in [9.17, 15) is 9.90 Å². The number of hydrogen-bond donors (Lipinski definition) is 2. The Labute approximate surface area is 209 Å². The zero-order chi connectivity index (χ0) is 25.0. The molecule has 0 aromatic heterocycles. The molecule has 1 aliphatic rings. The molecule has 0 spiro atoms. The Morgan fingerprint density at radius 3 is 2.41 bits per heavy atom. The van der Waals surface area contributed by atoms with Gasteiger partial charge in [0.05, 0.1) is 46.1 Å². The number of halogens is 1. The van der Waals surface area contributed by atoms with Gasteiger partial charge < -0.3 is 34.3 Å². The van der Waals surface area contributed by atoms with Crippen LogP contribution < -0.4 is 29.7 Å². The van der Waals surface area contributed by atoms with E-state index < -0.39 is 0 Å². The molecule has 2 aromatic carbocycles. The van der Waals surface area contributed by atoms with Crippen molar-refractivity contribution in [2.75, 3.05) is 48.6 Å². The second-order valence-corrected chi connectivity index (χ2v) is 8.50. The van der Waals surface area contributed by atoms with Gasteiger partial charge in [0.1, 0.15) is 0 Å². The average Bonchev–Trinajstić information content (AvgIpc) is 3.08. The normalized spacial score (nSPS) is 14.3. The van der Waals surface area contributed by atoms with Gasteiger partial charge in [-0.3, -0.25) is 4.79 Å². The lowest BCUT2D eigenvalue weighted by Gasteiger charge is -2.26. The summed E-state index contributed by atoms with van der Waals surface area (Å²) < 4.78 is 22.3. The van der Waals surface area contributed by atoms with Crippen LogP contribution in [0.5, 0.6) is 23.0 Å². The first-order valence-electron chi connectivity index (χ1n) is 10.7. The summed E-state index contributed by atoms with van der Waals surface area (Å²) in [6.07, 6.45) is 1.13. The summed E-state index contributed by atoms with van der Waals surface area (Å²) in [5, 5.41) is 13.5. The number of aliphatic hydroxyl groups is 1. The summed E-state index contributed by atoms with van der Waals surface area (Å²) in [6.45, 7) is 0.344. The van der Waals surface area contributed by atoms with E-state index in [-0.39, 0.29) is 23.8 Å². The number of fused-ring (bicyclic) bond motifs is 3. The Bertz CT molecular complexity index is 1140. The van der Waals surface area contributed by atoms with Crippen molar-refractivity contribution in [1.29, 1.82) is 0 Å². The molecule has 2 N–H and O–H groups in total. The van der Waals surface area contributed by atoms with Gasteiger partial charge in [-0.1, -0.05) is 17.7 Å². The van der Waals surface area contributed by atoms with E-state index in [0.29, 0.717) is 52.3 Å². The summed E-state index contributed by atoms with van der Waals surface area (Å²) in [6, 6.07) is 4.69. The number of methoxy groups -OCH3 is 4. The fourth-order valence-corrected chi connectivity index (χ4v) is 4.78. The molecule has 3 rings (SSSR count). The molecule has 184 valence electrons. The first-order chi connectivity index (χ1) is 16.3. The molecule has 1 aliphatic carbocycles. The van der Waals surface area contributed by atoms with Gasteiger partial charge in [-0.05, 0) is 53.9 Å². The van der Waals surface area contributed by atoms with Crippen LogP contribution in [0.2, 0.25) is 5.02 Å². The molecular weight excluding hydrogens is 480 g/mol. The second kappa shape index (κ2) is 11.1. The van der Waals surface area contributed by atoms with Crippen molar-refractivity contribution in [2.45, 2.75) is 18.9 Å². The molecule has 0 saturated heterocycles. The van der Waals surface area contributed by atoms with Gasteiger partial charge in [-0.25, -0.2) is 0 Å². The number of benzene rings is 1. The fourth-order valence-electron chi connectivity index (χ4n) is 4.20. The molecule has 1 atom stereocenters. The minimum atomic E-state index is -0.321. The van der Waals surface area contributed by atoms with Crippen LogP contribution in [0.3, 0.4) is 0 Å². The number of thiocarbonyl (C=S) groups is 1. The summed E-state index contributed by atoms with van der Waals surface area (Å²) in [5.41, 5.74) is 2.72. The molecule has 0 amide bonds. The predicted octanol–water partition coefficient (Wildman–Crippen LogP) is 3.19. The lowest BCUT2D eigenvalue weighted by molar-refractivity contribution is 0.262. The van der Waals surface area contributed by atoms with E-state index in [1.165, 1.54) is 21.3 Å². The first-order valence-corrected chi connectivity index (χ1v) is 11.5. The van der Waals surface area contributed by atoms with Crippen LogP contribution >= 0.6 is 23.8 Å². The number of aliphatic hydroxyl groups excluding tert-OH is 1. The lowest BCUT2D eigenvalue weighted by atomic mass is 9.95. The maximum atomic E-state index is 12.9. The highest BCUT2D eigenvalue weighted by atomic mass is 35.5. The quantitative estimate of drug-likeness (QED) is 0.547. The number of hydrogen-bond acceptors (Lipinski definition) is 7. The van der Waals surface area contributed by atoms with E-state index in [1.807, 2.05) is 6.07 Å². The van der Waals surface area contributed by atoms with Crippen molar-refractivity contribution < 1.29 is 24.1 Å². The summed E-state index contributed by atoms with van der Waals surface area (Å²) in [5.74, 6) is 1.41. The molecule has 0 fully saturated rings. The zero-order valence-electron chi connectivity index (χ0n) is 19.9. The standard InChI is InChI=1S/C24H29ClN2O6S/c1-27(10-11-28)24(34)26-16-8-6-14-19(13-7-9-18(30-2)17(29)12-15(13)16)21(31-3)23(33-5)22(32-4)20(14)25/h7,9,12,16,28H,6,8,10-11H2,1-5H3,(H,26,34)/t16-/m0/s1. The van der Waals surface area contributed by atoms with Crippen molar-refractivity contribution >= 4 is 28.9 Å². The Kier molecular flexibility index (Phi) is 8.46. The molecular formula is C24H29ClN2O6S. The minimum absolute atomic E-state index is 0.0335. The maximum Gasteiger partial charge on any atom is 0.220 e. The SMILES string of the molecule is COc1c(Cl)c2c(c(OC)c1OC)-c1ccc(OC)c(=O)cc1[C@@H](NC(=S)N(C)CCO)CC2. The van der Waals surface area contributed by atoms with Crippen LogP contribution in [0.1, 0.15) is 23.6 Å². The minimum Gasteiger partial charge on any atom is -0.493 e. The van der Waals surface area contributed by atoms with Gasteiger partial charge in [-0.2, -0.15) is 0 Å². The zero-order valence-corrected chi connectivity index (χ0v) is 21.4. The van der Waals surface area contributed by atoms with Crippen molar-refractivity contribution in [3.05, 3.63) is 44.6 Å². The molecule has 0 aliphatic heterocycles. The van der Waals surface area contributed by atoms with Gasteiger partial charge in [0.15, 0.2) is 22.4 Å². The van der Waals surface area contributed by atoms with Crippen LogP contribution in [-0.2, 0) is 6.42 Å². The van der Waals surface area contributed by atoms with Crippen molar-refractivity contribution in [1.82, 2.24) is 10.2 Å². The lowest BCUT2D eigenvalue weighted by Crippen LogP contribution is -2.40. The van der Waals surface area contributed by atoms with Crippen molar-refractivity contribution in [3.63, 3.8) is 0 Å². The monoisotopic (exact) mass is 508 g/mol. The molecule has 10 heteroatoms. The first kappa shape index (κ1) is 25.9. The molecule has 8 nitrogen and oxygen atoms in total. The highest BCUT2D eigenvalue weighted by Crippen LogP contribution is 2.54. The third-order valence-corrected chi connectivity index (χ3v) is 6.72. The summed E-state index contributed by atoms with van der Waals surface area (Å²) in [7, 11) is 7.84. The van der Waals surface area contributed by atoms with Crippen LogP contribution in [0.15, 0.2) is 23.0 Å². The number of ether oxygens (including phenoxy) is 4. The van der Waals surface area contributed by atoms with Gasteiger partial charge >= 0.3 is 0 Å². The molecule has 0 bridgehead atoms. The van der Waals surface area contributed by atoms with E-state index in [0.717, 1.165) is 16.7 Å². The Balaban J connectivity index is 2.34. The summed E-state index contributed by atoms with van der Waals surface area (Å²) >= 11 is 12.4. The number of nitrogens with zero attached hydrogens (tertiary/aromatic N) is 1. The predicted molar refractivity (Wildman–Crippen MR) is 136 cm³/mol. The second-order valence-electron chi connectivity index (χ2n) is 7.73. The van der Waals surface area contributed by atoms with E-state index in [4.69, 9.17) is 42.8 Å². The molecule has 0 saturated carbocycles. The highest BCUT2D eigenvalue weighted by molar-refractivity contribution is 7.80. The van der Waals surface area contributed by atoms with Gasteiger partial charge in [0.25, 0.3) is 0 Å². The largest absolute Gasteiger partial charge is 0.493 e. The van der Waals surface area contributed by atoms with Crippen molar-refractivity contribution in [3.8, 4) is 34.1 Å². The van der Waals surface area contributed by atoms with Crippen LogP contribution in [0, 0.1) is 0 Å². The van der Waals surface area contributed by atoms with Crippen LogP contribution in [0.4, 0.5) is 0 Å². The maximum absolute atomic E-state index is 12.9. The highest BCUT2D eigenvalue weighted by Gasteiger charge is 2.32. The molecule has 0 radical (unpaired) electrons. The number of likely N-dealkylation sites (N-methyl/N-ethyl adjacent to an activating group) is 1. The van der Waals surface area contributed by atoms with Crippen molar-refractivity contribution in [2.24, 2.45) is 0 Å². The van der Waals surface area contributed by atoms with Gasteiger partial charge in [-0.15, -0.1) is 0 Å². The average molecular weight is 509 g/mol. The molecule has 0 unspecified atom stereocenters. The molecule has 0 heterocycles. The Hall–Kier alpha value is -2.75. The Morgan fingerprint density at radius 1 is 1.15 bits per heavy atom. The van der Waals surface area contributed by atoms with Gasteiger partial charge in [0, 0.05) is 19.2 Å². The third kappa shape index (κ3) is 4.73. The smallest absolute Gasteiger partial charge is 0.220 e. The third-order valence-electron chi connectivity index (χ3n) is 5.89. The number of rotatable bonds is 7. The van der Waals surface area contributed by atoms with E-state index in [2.05, 4.69) is 5.32 Å². The van der Waals surface area contributed by atoms with Crippen LogP contribution in [0.25, 0.3) is 11.1 Å². The fraction of sp³-hybridized carbons (Fsp3) is 0.417. The number of nitrogens with one attached hydrogen (secondary N) is 1. The topological polar surface area (TPSA) is 89.5 Å².